The van der Waals surface area contributed by atoms with Gasteiger partial charge in [0, 0.05) is 12.0 Å². The molecule has 3 rings (SSSR count). The Morgan fingerprint density at radius 3 is 2.23 bits per heavy atom. The summed E-state index contributed by atoms with van der Waals surface area (Å²) in [4.78, 5) is 24.0. The molecule has 26 heavy (non-hydrogen) atoms. The number of para-hydroxylation sites is 3. The molecule has 1 aliphatic rings. The fourth-order valence-electron chi connectivity index (χ4n) is 2.75. The summed E-state index contributed by atoms with van der Waals surface area (Å²) in [5, 5.41) is 14.0. The van der Waals surface area contributed by atoms with Gasteiger partial charge in [-0.1, -0.05) is 30.3 Å². The van der Waals surface area contributed by atoms with Gasteiger partial charge in [0.15, 0.2) is 5.11 Å². The third-order valence-corrected chi connectivity index (χ3v) is 4.37. The van der Waals surface area contributed by atoms with Gasteiger partial charge < -0.3 is 5.73 Å². The van der Waals surface area contributed by atoms with Gasteiger partial charge in [-0.2, -0.15) is 0 Å². The maximum Gasteiger partial charge on any atom is 0.294 e. The number of carbonyl (C=O) groups excluding carboxylic acids is 1. The molecule has 0 aliphatic heterocycles. The van der Waals surface area contributed by atoms with E-state index < -0.39 is 4.92 Å². The molecule has 0 aromatic heterocycles. The lowest BCUT2D eigenvalue weighted by molar-refractivity contribution is -0.384. The molecule has 134 valence electrons. The number of nitro benzene ring substituents is 1. The first-order chi connectivity index (χ1) is 12.4. The maximum absolute atomic E-state index is 13.1. The first kappa shape index (κ1) is 17.8. The number of aryl methyl sites for hydroxylation is 1. The number of hydrogen-bond acceptors (Lipinski definition) is 4. The standard InChI is InChI=1S/C18H18N4O3S/c1-12-6-2-3-7-14(12)20(17(23)13-10-11-13)21(18(19)26)15-8-4-5-9-16(15)22(24)25/h2-9,13H,10-11H2,1H3,(H2,19,26). The average Bonchev–Trinajstić information content (AvgIpc) is 3.44. The van der Waals surface area contributed by atoms with E-state index in [1.807, 2.05) is 19.1 Å². The Hall–Kier alpha value is -3.00. The number of carbonyl (C=O) groups is 1. The van der Waals surface area contributed by atoms with Crippen LogP contribution < -0.4 is 15.8 Å². The number of hydrogen-bond donors (Lipinski definition) is 1. The van der Waals surface area contributed by atoms with Crippen LogP contribution in [0.15, 0.2) is 48.5 Å². The summed E-state index contributed by atoms with van der Waals surface area (Å²) in [6.07, 6.45) is 1.56. The van der Waals surface area contributed by atoms with Crippen molar-refractivity contribution in [3.8, 4) is 0 Å². The number of nitrogens with zero attached hydrogens (tertiary/aromatic N) is 3. The van der Waals surface area contributed by atoms with Crippen LogP contribution in [0.5, 0.6) is 0 Å². The highest BCUT2D eigenvalue weighted by atomic mass is 32.1. The second kappa shape index (κ2) is 7.09. The van der Waals surface area contributed by atoms with Crippen molar-refractivity contribution in [3.05, 3.63) is 64.2 Å². The van der Waals surface area contributed by atoms with Crippen molar-refractivity contribution in [1.82, 2.24) is 0 Å². The van der Waals surface area contributed by atoms with Gasteiger partial charge in [0.2, 0.25) is 5.91 Å². The topological polar surface area (TPSA) is 92.7 Å². The molecule has 1 fully saturated rings. The van der Waals surface area contributed by atoms with Gasteiger partial charge in [-0.25, -0.2) is 10.0 Å². The third kappa shape index (κ3) is 3.36. The highest BCUT2D eigenvalue weighted by Gasteiger charge is 2.39. The fraction of sp³-hybridized carbons (Fsp3) is 0.222. The Bertz CT molecular complexity index is 882. The van der Waals surface area contributed by atoms with E-state index in [1.165, 1.54) is 22.2 Å². The highest BCUT2D eigenvalue weighted by Crippen LogP contribution is 2.37. The lowest BCUT2D eigenvalue weighted by Crippen LogP contribution is -2.53. The lowest BCUT2D eigenvalue weighted by atomic mass is 10.2. The molecule has 2 aromatic rings. The Kier molecular flexibility index (Phi) is 4.85. The Labute approximate surface area is 156 Å². The lowest BCUT2D eigenvalue weighted by Gasteiger charge is -2.35. The van der Waals surface area contributed by atoms with E-state index in [9.17, 15) is 14.9 Å². The van der Waals surface area contributed by atoms with E-state index >= 15 is 0 Å². The summed E-state index contributed by atoms with van der Waals surface area (Å²) >= 11 is 5.18. The number of anilines is 2. The second-order valence-corrected chi connectivity index (χ2v) is 6.52. The van der Waals surface area contributed by atoms with Crippen molar-refractivity contribution in [3.63, 3.8) is 0 Å². The fourth-order valence-corrected chi connectivity index (χ4v) is 2.93. The van der Waals surface area contributed by atoms with E-state index in [0.717, 1.165) is 18.4 Å². The molecule has 0 spiro atoms. The van der Waals surface area contributed by atoms with Crippen LogP contribution in [-0.2, 0) is 4.79 Å². The van der Waals surface area contributed by atoms with Gasteiger partial charge >= 0.3 is 0 Å². The normalized spacial score (nSPS) is 13.1. The largest absolute Gasteiger partial charge is 0.374 e. The molecule has 8 heteroatoms. The SMILES string of the molecule is Cc1ccccc1N(C(=O)C1CC1)N(C(N)=S)c1ccccc1[N+](=O)[O-]. The number of rotatable bonds is 4. The van der Waals surface area contributed by atoms with Crippen molar-refractivity contribution in [1.29, 1.82) is 0 Å². The molecule has 7 nitrogen and oxygen atoms in total. The summed E-state index contributed by atoms with van der Waals surface area (Å²) in [5.41, 5.74) is 7.33. The van der Waals surface area contributed by atoms with Crippen LogP contribution in [0.4, 0.5) is 17.1 Å². The predicted molar refractivity (Wildman–Crippen MR) is 104 cm³/mol. The van der Waals surface area contributed by atoms with Crippen LogP contribution >= 0.6 is 12.2 Å². The Balaban J connectivity index is 2.19. The molecule has 0 atom stereocenters. The van der Waals surface area contributed by atoms with Gasteiger partial charge in [-0.15, -0.1) is 0 Å². The number of nitrogens with two attached hydrogens (primary N) is 1. The zero-order valence-electron chi connectivity index (χ0n) is 14.2. The van der Waals surface area contributed by atoms with Crippen molar-refractivity contribution < 1.29 is 9.72 Å². The highest BCUT2D eigenvalue weighted by molar-refractivity contribution is 7.80. The van der Waals surface area contributed by atoms with Gasteiger partial charge in [0.1, 0.15) is 5.69 Å². The molecule has 2 N–H and O–H groups in total. The minimum absolute atomic E-state index is 0.130. The Morgan fingerprint density at radius 2 is 1.69 bits per heavy atom. The maximum atomic E-state index is 13.1. The molecule has 0 saturated heterocycles. The van der Waals surface area contributed by atoms with Crippen molar-refractivity contribution in [2.75, 3.05) is 10.0 Å². The molecular formula is C18H18N4O3S. The quantitative estimate of drug-likeness (QED) is 0.504. The first-order valence-corrected chi connectivity index (χ1v) is 8.55. The van der Waals surface area contributed by atoms with Crippen LogP contribution in [0.25, 0.3) is 0 Å². The molecule has 0 unspecified atom stereocenters. The summed E-state index contributed by atoms with van der Waals surface area (Å²) in [6, 6.07) is 13.4. The van der Waals surface area contributed by atoms with Gasteiger partial charge in [0.05, 0.1) is 10.6 Å². The number of thiocarbonyl (C=S) groups is 1. The predicted octanol–water partition coefficient (Wildman–Crippen LogP) is 3.31. The minimum atomic E-state index is -0.516. The first-order valence-electron chi connectivity index (χ1n) is 8.14. The molecule has 2 aromatic carbocycles. The zero-order valence-corrected chi connectivity index (χ0v) is 15.0. The molecule has 1 saturated carbocycles. The number of amides is 1. The Morgan fingerprint density at radius 1 is 1.12 bits per heavy atom. The van der Waals surface area contributed by atoms with E-state index in [2.05, 4.69) is 0 Å². The summed E-state index contributed by atoms with van der Waals surface area (Å²) in [5.74, 6) is -0.306. The molecule has 1 aliphatic carbocycles. The summed E-state index contributed by atoms with van der Waals surface area (Å²) in [6.45, 7) is 1.86. The minimum Gasteiger partial charge on any atom is -0.374 e. The van der Waals surface area contributed by atoms with Crippen LogP contribution in [0.2, 0.25) is 0 Å². The number of hydrazine groups is 1. The molecular weight excluding hydrogens is 352 g/mol. The van der Waals surface area contributed by atoms with Crippen molar-refractivity contribution in [2.45, 2.75) is 19.8 Å². The smallest absolute Gasteiger partial charge is 0.294 e. The van der Waals surface area contributed by atoms with Gasteiger partial charge in [-0.3, -0.25) is 14.9 Å². The van der Waals surface area contributed by atoms with E-state index in [1.54, 1.807) is 24.3 Å². The second-order valence-electron chi connectivity index (χ2n) is 6.11. The molecule has 1 amide bonds. The van der Waals surface area contributed by atoms with Crippen LogP contribution in [0, 0.1) is 23.0 Å². The third-order valence-electron chi connectivity index (χ3n) is 4.19. The average molecular weight is 370 g/mol. The molecule has 0 heterocycles. The molecule has 0 bridgehead atoms. The van der Waals surface area contributed by atoms with Crippen LogP contribution in [-0.4, -0.2) is 15.9 Å². The van der Waals surface area contributed by atoms with E-state index in [4.69, 9.17) is 18.0 Å². The van der Waals surface area contributed by atoms with Crippen LogP contribution in [0.3, 0.4) is 0 Å². The van der Waals surface area contributed by atoms with Crippen molar-refractivity contribution in [2.24, 2.45) is 11.7 Å². The number of nitro groups is 1. The van der Waals surface area contributed by atoms with Gasteiger partial charge in [-0.05, 0) is 49.7 Å². The number of benzene rings is 2. The van der Waals surface area contributed by atoms with Crippen LogP contribution in [0.1, 0.15) is 18.4 Å². The van der Waals surface area contributed by atoms with E-state index in [0.29, 0.717) is 5.69 Å². The van der Waals surface area contributed by atoms with Crippen molar-refractivity contribution >= 4 is 40.3 Å². The zero-order chi connectivity index (χ0) is 18.8. The van der Waals surface area contributed by atoms with Gasteiger partial charge in [0.25, 0.3) is 5.69 Å². The monoisotopic (exact) mass is 370 g/mol. The summed E-state index contributed by atoms with van der Waals surface area (Å²) < 4.78 is 0. The summed E-state index contributed by atoms with van der Waals surface area (Å²) in [7, 11) is 0. The van der Waals surface area contributed by atoms with E-state index in [-0.39, 0.29) is 28.3 Å². The molecule has 0 radical (unpaired) electrons.